The molecule has 0 aliphatic heterocycles. The van der Waals surface area contributed by atoms with E-state index in [2.05, 4.69) is 15.3 Å². The molecule has 4 aromatic rings. The summed E-state index contributed by atoms with van der Waals surface area (Å²) in [5.41, 5.74) is 1.13. The van der Waals surface area contributed by atoms with Gasteiger partial charge in [0, 0.05) is 36.9 Å². The number of hydrogen-bond acceptors (Lipinski definition) is 6. The molecule has 9 nitrogen and oxygen atoms in total. The lowest BCUT2D eigenvalue weighted by atomic mass is 10.2. The number of anilines is 1. The topological polar surface area (TPSA) is 104 Å². The fraction of sp³-hybridized carbons (Fsp3) is 0.250. The maximum atomic E-state index is 12.9. The Hall–Kier alpha value is -3.53. The number of nitrogens with one attached hydrogen (secondary N) is 1. The Morgan fingerprint density at radius 2 is 1.83 bits per heavy atom. The minimum Gasteiger partial charge on any atom is -0.324 e. The molecule has 0 saturated heterocycles. The smallest absolute Gasteiger partial charge is 0.324 e. The van der Waals surface area contributed by atoms with Crippen molar-refractivity contribution >= 4 is 34.1 Å². The lowest BCUT2D eigenvalue weighted by Gasteiger charge is -2.16. The number of rotatable bonds is 4. The summed E-state index contributed by atoms with van der Waals surface area (Å²) in [7, 11) is 2.96. The van der Waals surface area contributed by atoms with Crippen molar-refractivity contribution in [2.75, 3.05) is 5.32 Å². The number of hydrogen-bond donors (Lipinski definition) is 1. The second-order valence-electron chi connectivity index (χ2n) is 6.99. The van der Waals surface area contributed by atoms with Crippen molar-refractivity contribution in [3.63, 3.8) is 0 Å². The van der Waals surface area contributed by atoms with Gasteiger partial charge < -0.3 is 9.88 Å². The Labute approximate surface area is 175 Å². The molecule has 0 saturated carbocycles. The van der Waals surface area contributed by atoms with E-state index in [1.807, 2.05) is 29.6 Å². The van der Waals surface area contributed by atoms with Gasteiger partial charge in [-0.3, -0.25) is 18.7 Å². The Kier molecular flexibility index (Phi) is 4.86. The van der Waals surface area contributed by atoms with Gasteiger partial charge in [0.1, 0.15) is 16.9 Å². The van der Waals surface area contributed by atoms with Crippen molar-refractivity contribution in [2.45, 2.75) is 19.9 Å². The SMILES string of the molecule is Cc1nc2c(c(=O)n(C)c(=O)n2C)n1C(C)C(=O)Nc1ccc(-c2nccs2)cc1. The van der Waals surface area contributed by atoms with Crippen LogP contribution in [0.4, 0.5) is 5.69 Å². The van der Waals surface area contributed by atoms with E-state index in [1.54, 1.807) is 43.0 Å². The first-order valence-corrected chi connectivity index (χ1v) is 10.1. The van der Waals surface area contributed by atoms with Gasteiger partial charge in [0.05, 0.1) is 0 Å². The van der Waals surface area contributed by atoms with Gasteiger partial charge in [0.25, 0.3) is 5.56 Å². The second-order valence-corrected chi connectivity index (χ2v) is 7.88. The molecule has 4 rings (SSSR count). The van der Waals surface area contributed by atoms with Crippen LogP contribution in [0.25, 0.3) is 21.7 Å². The number of aryl methyl sites for hydroxylation is 2. The summed E-state index contributed by atoms with van der Waals surface area (Å²) in [6.07, 6.45) is 1.75. The monoisotopic (exact) mass is 424 g/mol. The van der Waals surface area contributed by atoms with Crippen molar-refractivity contribution < 1.29 is 4.79 Å². The van der Waals surface area contributed by atoms with Gasteiger partial charge >= 0.3 is 5.69 Å². The van der Waals surface area contributed by atoms with Crippen LogP contribution in [0.3, 0.4) is 0 Å². The first-order chi connectivity index (χ1) is 14.3. The highest BCUT2D eigenvalue weighted by Crippen LogP contribution is 2.24. The number of amides is 1. The first-order valence-electron chi connectivity index (χ1n) is 9.25. The molecule has 1 atom stereocenters. The largest absolute Gasteiger partial charge is 0.332 e. The molecule has 0 radical (unpaired) electrons. The highest BCUT2D eigenvalue weighted by molar-refractivity contribution is 7.13. The maximum Gasteiger partial charge on any atom is 0.332 e. The molecule has 0 aliphatic rings. The lowest BCUT2D eigenvalue weighted by Crippen LogP contribution is -2.38. The van der Waals surface area contributed by atoms with Crippen molar-refractivity contribution in [3.05, 3.63) is 62.5 Å². The van der Waals surface area contributed by atoms with Crippen LogP contribution in [0.1, 0.15) is 18.8 Å². The minimum atomic E-state index is -0.709. The predicted octanol–water partition coefficient (Wildman–Crippen LogP) is 2.07. The van der Waals surface area contributed by atoms with Gasteiger partial charge in [0.2, 0.25) is 5.91 Å². The van der Waals surface area contributed by atoms with Gasteiger partial charge in [-0.15, -0.1) is 11.3 Å². The van der Waals surface area contributed by atoms with Crippen LogP contribution in [0.2, 0.25) is 0 Å². The van der Waals surface area contributed by atoms with Crippen LogP contribution < -0.4 is 16.6 Å². The third-order valence-electron chi connectivity index (χ3n) is 5.07. The molecule has 1 N–H and O–H groups in total. The molecule has 0 aliphatic carbocycles. The summed E-state index contributed by atoms with van der Waals surface area (Å²) in [5.74, 6) is 0.181. The van der Waals surface area contributed by atoms with Crippen molar-refractivity contribution in [1.82, 2.24) is 23.7 Å². The van der Waals surface area contributed by atoms with Crippen molar-refractivity contribution in [2.24, 2.45) is 14.1 Å². The third kappa shape index (κ3) is 3.14. The van der Waals surface area contributed by atoms with Gasteiger partial charge in [0.15, 0.2) is 11.2 Å². The van der Waals surface area contributed by atoms with E-state index in [9.17, 15) is 14.4 Å². The van der Waals surface area contributed by atoms with E-state index in [-0.39, 0.29) is 17.1 Å². The van der Waals surface area contributed by atoms with Crippen LogP contribution in [-0.4, -0.2) is 29.6 Å². The highest BCUT2D eigenvalue weighted by atomic mass is 32.1. The van der Waals surface area contributed by atoms with Gasteiger partial charge in [-0.1, -0.05) is 0 Å². The predicted molar refractivity (Wildman–Crippen MR) is 116 cm³/mol. The quantitative estimate of drug-likeness (QED) is 0.540. The fourth-order valence-corrected chi connectivity index (χ4v) is 4.07. The fourth-order valence-electron chi connectivity index (χ4n) is 3.42. The van der Waals surface area contributed by atoms with Gasteiger partial charge in [-0.25, -0.2) is 14.8 Å². The molecule has 1 amide bonds. The number of nitrogens with zero attached hydrogens (tertiary/aromatic N) is 5. The van der Waals surface area contributed by atoms with Crippen LogP contribution in [0.5, 0.6) is 0 Å². The molecule has 0 fully saturated rings. The molecule has 3 heterocycles. The van der Waals surface area contributed by atoms with Crippen molar-refractivity contribution in [3.8, 4) is 10.6 Å². The first kappa shape index (κ1) is 19.8. The molecule has 1 unspecified atom stereocenters. The van der Waals surface area contributed by atoms with Gasteiger partial charge in [-0.05, 0) is 38.1 Å². The van der Waals surface area contributed by atoms with E-state index in [1.165, 1.54) is 11.6 Å². The lowest BCUT2D eigenvalue weighted by molar-refractivity contribution is -0.118. The summed E-state index contributed by atoms with van der Waals surface area (Å²) in [6.45, 7) is 3.40. The van der Waals surface area contributed by atoms with Gasteiger partial charge in [-0.2, -0.15) is 0 Å². The van der Waals surface area contributed by atoms with E-state index >= 15 is 0 Å². The van der Waals surface area contributed by atoms with E-state index < -0.39 is 17.3 Å². The number of imidazole rings is 1. The maximum absolute atomic E-state index is 12.9. The molecular weight excluding hydrogens is 404 g/mol. The Balaban J connectivity index is 1.66. The van der Waals surface area contributed by atoms with Crippen LogP contribution in [-0.2, 0) is 18.9 Å². The highest BCUT2D eigenvalue weighted by Gasteiger charge is 2.24. The Morgan fingerprint density at radius 3 is 2.47 bits per heavy atom. The van der Waals surface area contributed by atoms with Crippen LogP contribution >= 0.6 is 11.3 Å². The molecule has 154 valence electrons. The van der Waals surface area contributed by atoms with Crippen LogP contribution in [0, 0.1) is 6.92 Å². The number of fused-ring (bicyclic) bond motifs is 1. The number of carbonyl (C=O) groups is 1. The molecule has 3 aromatic heterocycles. The minimum absolute atomic E-state index is 0.221. The molecule has 30 heavy (non-hydrogen) atoms. The number of carbonyl (C=O) groups excluding carboxylic acids is 1. The Morgan fingerprint density at radius 1 is 1.13 bits per heavy atom. The van der Waals surface area contributed by atoms with Crippen LogP contribution in [0.15, 0.2) is 45.4 Å². The molecule has 1 aromatic carbocycles. The standard InChI is InChI=1S/C20H20N6O3S/c1-11(17(27)23-14-7-5-13(6-8-14)18-21-9-10-30-18)26-12(2)22-16-15(26)19(28)25(4)20(29)24(16)3/h5-11H,1-4H3,(H,23,27). The number of thiazole rings is 1. The van der Waals surface area contributed by atoms with E-state index in [0.29, 0.717) is 11.5 Å². The normalized spacial score (nSPS) is 12.3. The second kappa shape index (κ2) is 7.38. The summed E-state index contributed by atoms with van der Waals surface area (Å²) >= 11 is 1.54. The number of aromatic nitrogens is 5. The van der Waals surface area contributed by atoms with Crippen molar-refractivity contribution in [1.29, 1.82) is 0 Å². The zero-order valence-electron chi connectivity index (χ0n) is 16.9. The Bertz CT molecular complexity index is 1360. The average Bonchev–Trinajstić information content (AvgIpc) is 3.39. The molecular formula is C20H20N6O3S. The summed E-state index contributed by atoms with van der Waals surface area (Å²) in [4.78, 5) is 46.4. The molecule has 0 spiro atoms. The van der Waals surface area contributed by atoms with E-state index in [4.69, 9.17) is 0 Å². The summed E-state index contributed by atoms with van der Waals surface area (Å²) in [5, 5.41) is 5.69. The zero-order chi connectivity index (χ0) is 21.6. The average molecular weight is 424 g/mol. The molecule has 10 heteroatoms. The third-order valence-corrected chi connectivity index (χ3v) is 5.89. The summed E-state index contributed by atoms with van der Waals surface area (Å²) in [6, 6.07) is 6.69. The summed E-state index contributed by atoms with van der Waals surface area (Å²) < 4.78 is 3.89. The zero-order valence-corrected chi connectivity index (χ0v) is 17.7. The van der Waals surface area contributed by atoms with E-state index in [0.717, 1.165) is 15.1 Å². The number of benzene rings is 1. The molecule has 0 bridgehead atoms.